The summed E-state index contributed by atoms with van der Waals surface area (Å²) in [5.41, 5.74) is 2.21. The van der Waals surface area contributed by atoms with E-state index >= 15 is 0 Å². The average Bonchev–Trinajstić information content (AvgIpc) is 3.34. The van der Waals surface area contributed by atoms with Gasteiger partial charge in [-0.1, -0.05) is 23.7 Å². The number of halogens is 1. The van der Waals surface area contributed by atoms with E-state index in [0.717, 1.165) is 5.56 Å². The van der Waals surface area contributed by atoms with Crippen LogP contribution >= 0.6 is 11.6 Å². The van der Waals surface area contributed by atoms with E-state index in [1.165, 1.54) is 33.4 Å². The summed E-state index contributed by atoms with van der Waals surface area (Å²) in [7, 11) is 0. The van der Waals surface area contributed by atoms with Crippen LogP contribution in [0.15, 0.2) is 36.9 Å². The van der Waals surface area contributed by atoms with Crippen LogP contribution in [0.3, 0.4) is 0 Å². The Kier molecular flexibility index (Phi) is 6.75. The molecular formula is C22H21ClN4O7. The number of aromatic nitrogens is 4. The Morgan fingerprint density at radius 2 is 1.65 bits per heavy atom. The Hall–Kier alpha value is -3.57. The quantitative estimate of drug-likeness (QED) is 0.376. The van der Waals surface area contributed by atoms with Gasteiger partial charge in [-0.3, -0.25) is 19.0 Å². The summed E-state index contributed by atoms with van der Waals surface area (Å²) in [6, 6.07) is 7.09. The zero-order chi connectivity index (χ0) is 24.4. The third-order valence-electron chi connectivity index (χ3n) is 5.09. The molecule has 0 spiro atoms. The largest absolute Gasteiger partial charge is 0.463 e. The smallest absolute Gasteiger partial charge is 0.303 e. The van der Waals surface area contributed by atoms with Crippen LogP contribution in [0.25, 0.3) is 22.4 Å². The zero-order valence-corrected chi connectivity index (χ0v) is 19.3. The van der Waals surface area contributed by atoms with Crippen LogP contribution in [-0.2, 0) is 33.3 Å². The third-order valence-corrected chi connectivity index (χ3v) is 5.34. The van der Waals surface area contributed by atoms with Crippen molar-refractivity contribution in [3.8, 4) is 11.3 Å². The minimum Gasteiger partial charge on any atom is -0.463 e. The average molecular weight is 489 g/mol. The van der Waals surface area contributed by atoms with Crippen LogP contribution in [0.5, 0.6) is 0 Å². The second-order valence-corrected chi connectivity index (χ2v) is 8.01. The molecule has 0 saturated carbocycles. The molecule has 0 amide bonds. The van der Waals surface area contributed by atoms with E-state index in [9.17, 15) is 14.4 Å². The Balaban J connectivity index is 1.76. The summed E-state index contributed by atoms with van der Waals surface area (Å²) in [5.74, 6) is -1.75. The molecule has 0 bridgehead atoms. The minimum atomic E-state index is -1.05. The number of hydrogen-bond acceptors (Lipinski definition) is 10. The highest BCUT2D eigenvalue weighted by Crippen LogP contribution is 2.37. The fourth-order valence-corrected chi connectivity index (χ4v) is 3.90. The van der Waals surface area contributed by atoms with Crippen LogP contribution in [-0.4, -0.2) is 62.3 Å². The van der Waals surface area contributed by atoms with Crippen LogP contribution in [0.4, 0.5) is 0 Å². The molecule has 0 N–H and O–H groups in total. The molecule has 12 heteroatoms. The molecule has 0 aliphatic carbocycles. The first kappa shape index (κ1) is 23.6. The molecule has 4 atom stereocenters. The minimum absolute atomic E-state index is 0.209. The van der Waals surface area contributed by atoms with Crippen molar-refractivity contribution < 1.29 is 33.3 Å². The number of carbonyl (C=O) groups excluding carboxylic acids is 3. The summed E-state index contributed by atoms with van der Waals surface area (Å²) >= 11 is 6.00. The Labute approximate surface area is 198 Å². The molecule has 2 aromatic heterocycles. The number of hydrogen-bond donors (Lipinski definition) is 0. The van der Waals surface area contributed by atoms with Crippen LogP contribution in [0, 0.1) is 0 Å². The van der Waals surface area contributed by atoms with Crippen molar-refractivity contribution in [2.24, 2.45) is 0 Å². The highest BCUT2D eigenvalue weighted by Gasteiger charge is 2.51. The number of benzene rings is 1. The number of carbonyl (C=O) groups is 3. The normalized spacial score (nSPS) is 21.9. The number of rotatable bonds is 6. The highest BCUT2D eigenvalue weighted by atomic mass is 35.5. The van der Waals surface area contributed by atoms with Gasteiger partial charge in [0.2, 0.25) is 0 Å². The molecule has 3 aromatic rings. The van der Waals surface area contributed by atoms with E-state index in [2.05, 4.69) is 15.0 Å². The fraction of sp³-hybridized carbons (Fsp3) is 0.364. The summed E-state index contributed by atoms with van der Waals surface area (Å²) in [4.78, 5) is 48.1. The van der Waals surface area contributed by atoms with Gasteiger partial charge in [0.1, 0.15) is 30.2 Å². The van der Waals surface area contributed by atoms with E-state index in [0.29, 0.717) is 21.9 Å². The molecule has 1 fully saturated rings. The third kappa shape index (κ3) is 4.85. The topological polar surface area (TPSA) is 132 Å². The van der Waals surface area contributed by atoms with E-state index in [1.54, 1.807) is 16.7 Å². The van der Waals surface area contributed by atoms with Gasteiger partial charge in [-0.25, -0.2) is 15.0 Å². The highest BCUT2D eigenvalue weighted by molar-refractivity contribution is 6.30. The van der Waals surface area contributed by atoms with E-state index in [-0.39, 0.29) is 6.61 Å². The predicted molar refractivity (Wildman–Crippen MR) is 117 cm³/mol. The molecule has 11 nitrogen and oxygen atoms in total. The number of fused-ring (bicyclic) bond motifs is 1. The lowest BCUT2D eigenvalue weighted by atomic mass is 10.1. The molecule has 178 valence electrons. The van der Waals surface area contributed by atoms with E-state index in [4.69, 9.17) is 30.5 Å². The van der Waals surface area contributed by atoms with Crippen molar-refractivity contribution >= 4 is 40.7 Å². The maximum absolute atomic E-state index is 11.9. The second kappa shape index (κ2) is 9.74. The van der Waals surface area contributed by atoms with Crippen molar-refractivity contribution in [2.45, 2.75) is 45.3 Å². The van der Waals surface area contributed by atoms with Gasteiger partial charge in [0.05, 0.1) is 6.33 Å². The molecule has 34 heavy (non-hydrogen) atoms. The molecule has 3 heterocycles. The zero-order valence-electron chi connectivity index (χ0n) is 18.5. The summed E-state index contributed by atoms with van der Waals surface area (Å²) < 4.78 is 23.6. The summed E-state index contributed by atoms with van der Waals surface area (Å²) in [5, 5.41) is 0.582. The first-order valence-electron chi connectivity index (χ1n) is 10.3. The van der Waals surface area contributed by atoms with Gasteiger partial charge in [0.15, 0.2) is 24.1 Å². The number of ether oxygens (including phenoxy) is 4. The molecule has 0 radical (unpaired) electrons. The molecular weight excluding hydrogens is 468 g/mol. The molecule has 0 unspecified atom stereocenters. The van der Waals surface area contributed by atoms with Crippen molar-refractivity contribution in [3.63, 3.8) is 0 Å². The summed E-state index contributed by atoms with van der Waals surface area (Å²) in [6.45, 7) is 3.49. The van der Waals surface area contributed by atoms with Crippen molar-refractivity contribution in [2.75, 3.05) is 6.61 Å². The van der Waals surface area contributed by atoms with Crippen LogP contribution < -0.4 is 0 Å². The van der Waals surface area contributed by atoms with E-state index in [1.807, 2.05) is 12.1 Å². The van der Waals surface area contributed by atoms with E-state index < -0.39 is 42.4 Å². The molecule has 1 aliphatic rings. The van der Waals surface area contributed by atoms with Gasteiger partial charge in [0, 0.05) is 31.4 Å². The Bertz CT molecular complexity index is 1230. The van der Waals surface area contributed by atoms with Crippen molar-refractivity contribution in [3.05, 3.63) is 41.9 Å². The SMILES string of the molecule is CC(=O)OC[C@H]1O[C@@H](n2cnc3c(-c4ccc(Cl)cc4)ncnc32)[C@H](OC(C)=O)[C@@H]1OC(C)=O. The number of imidazole rings is 1. The van der Waals surface area contributed by atoms with Crippen molar-refractivity contribution in [1.82, 2.24) is 19.5 Å². The van der Waals surface area contributed by atoms with Crippen molar-refractivity contribution in [1.29, 1.82) is 0 Å². The van der Waals surface area contributed by atoms with Gasteiger partial charge in [-0.05, 0) is 12.1 Å². The van der Waals surface area contributed by atoms with Gasteiger partial charge in [-0.2, -0.15) is 0 Å². The maximum atomic E-state index is 11.9. The van der Waals surface area contributed by atoms with Gasteiger partial charge in [-0.15, -0.1) is 0 Å². The second-order valence-electron chi connectivity index (χ2n) is 7.57. The molecule has 1 aromatic carbocycles. The lowest BCUT2D eigenvalue weighted by Crippen LogP contribution is -2.40. The fourth-order valence-electron chi connectivity index (χ4n) is 3.77. The van der Waals surface area contributed by atoms with Gasteiger partial charge in [0.25, 0.3) is 0 Å². The maximum Gasteiger partial charge on any atom is 0.303 e. The molecule has 1 saturated heterocycles. The lowest BCUT2D eigenvalue weighted by molar-refractivity contribution is -0.166. The number of nitrogens with zero attached hydrogens (tertiary/aromatic N) is 4. The first-order valence-corrected chi connectivity index (χ1v) is 10.7. The van der Waals surface area contributed by atoms with Gasteiger partial charge < -0.3 is 18.9 Å². The lowest BCUT2D eigenvalue weighted by Gasteiger charge is -2.23. The Morgan fingerprint density at radius 1 is 0.971 bits per heavy atom. The van der Waals surface area contributed by atoms with Crippen LogP contribution in [0.2, 0.25) is 5.02 Å². The van der Waals surface area contributed by atoms with Crippen LogP contribution in [0.1, 0.15) is 27.0 Å². The molecule has 4 rings (SSSR count). The van der Waals surface area contributed by atoms with Gasteiger partial charge >= 0.3 is 17.9 Å². The first-order chi connectivity index (χ1) is 16.2. The summed E-state index contributed by atoms with van der Waals surface area (Å²) in [6.07, 6.45) is -1.09. The Morgan fingerprint density at radius 3 is 2.29 bits per heavy atom. The standard InChI is InChI=1S/C22H21ClN4O7/c1-11(28)31-8-16-19(32-12(2)29)20(33-13(3)30)22(34-16)27-10-26-18-17(24-9-25-21(18)27)14-4-6-15(23)7-5-14/h4-7,9-10,16,19-20,22H,8H2,1-3H3/t16-,19-,20-,22-/m1/s1. The number of esters is 3. The monoisotopic (exact) mass is 488 g/mol. The predicted octanol–water partition coefficient (Wildman–Crippen LogP) is 2.47. The molecule has 1 aliphatic heterocycles.